The Balaban J connectivity index is 2.18. The van der Waals surface area contributed by atoms with Crippen LogP contribution in [0.3, 0.4) is 0 Å². The molecule has 0 aliphatic heterocycles. The van der Waals surface area contributed by atoms with Gasteiger partial charge < -0.3 is 10.0 Å². The number of aliphatic hydroxyl groups is 1. The molecule has 0 spiro atoms. The molecule has 2 rings (SSSR count). The van der Waals surface area contributed by atoms with E-state index in [4.69, 9.17) is 5.11 Å². The van der Waals surface area contributed by atoms with Crippen LogP contribution in [-0.4, -0.2) is 54.6 Å². The molecule has 4 heteroatoms. The minimum Gasteiger partial charge on any atom is -0.396 e. The molecule has 0 saturated heterocycles. The second-order valence-corrected chi connectivity index (χ2v) is 5.94. The lowest BCUT2D eigenvalue weighted by Gasteiger charge is -2.36. The number of carbonyl (C=O) groups is 1. The molecular weight excluding hydrogens is 264 g/mol. The van der Waals surface area contributed by atoms with Gasteiger partial charge in [0.05, 0.1) is 6.54 Å². The maximum Gasteiger partial charge on any atom is 0.236 e. The van der Waals surface area contributed by atoms with Crippen molar-refractivity contribution < 1.29 is 9.90 Å². The predicted molar refractivity (Wildman–Crippen MR) is 84.1 cm³/mol. The Morgan fingerprint density at radius 1 is 1.33 bits per heavy atom. The van der Waals surface area contributed by atoms with E-state index < -0.39 is 0 Å². The zero-order valence-corrected chi connectivity index (χ0v) is 13.1. The Bertz CT molecular complexity index is 474. The third kappa shape index (κ3) is 4.05. The molecule has 1 aliphatic carbocycles. The second-order valence-electron chi connectivity index (χ2n) is 5.94. The topological polar surface area (TPSA) is 43.8 Å². The predicted octanol–water partition coefficient (Wildman–Crippen LogP) is 1.84. The number of carbonyl (C=O) groups excluding carboxylic acids is 1. The molecule has 0 saturated carbocycles. The van der Waals surface area contributed by atoms with Gasteiger partial charge in [-0.15, -0.1) is 0 Å². The van der Waals surface area contributed by atoms with Gasteiger partial charge in [0, 0.05) is 33.3 Å². The van der Waals surface area contributed by atoms with Gasteiger partial charge in [-0.2, -0.15) is 0 Å². The first-order valence-electron chi connectivity index (χ1n) is 7.76. The quantitative estimate of drug-likeness (QED) is 0.869. The van der Waals surface area contributed by atoms with Crippen LogP contribution in [0.4, 0.5) is 0 Å². The molecule has 116 valence electrons. The third-order valence-electron chi connectivity index (χ3n) is 4.22. The van der Waals surface area contributed by atoms with E-state index in [0.717, 1.165) is 25.8 Å². The van der Waals surface area contributed by atoms with E-state index in [1.807, 2.05) is 0 Å². The summed E-state index contributed by atoms with van der Waals surface area (Å²) in [5, 5.41) is 9.13. The van der Waals surface area contributed by atoms with Crippen molar-refractivity contribution in [1.82, 2.24) is 9.80 Å². The van der Waals surface area contributed by atoms with Crippen molar-refractivity contribution in [3.05, 3.63) is 35.4 Å². The van der Waals surface area contributed by atoms with Gasteiger partial charge in [0.1, 0.15) is 0 Å². The van der Waals surface area contributed by atoms with E-state index in [9.17, 15) is 4.79 Å². The normalized spacial score (nSPS) is 17.6. The zero-order valence-electron chi connectivity index (χ0n) is 13.1. The number of fused-ring (bicyclic) bond motifs is 1. The molecule has 1 amide bonds. The minimum atomic E-state index is 0.121. The molecule has 1 aromatic carbocycles. The second kappa shape index (κ2) is 7.57. The fraction of sp³-hybridized carbons (Fsp3) is 0.588. The van der Waals surface area contributed by atoms with Crippen LogP contribution < -0.4 is 0 Å². The summed E-state index contributed by atoms with van der Waals surface area (Å²) in [6, 6.07) is 8.84. The highest BCUT2D eigenvalue weighted by Crippen LogP contribution is 2.34. The van der Waals surface area contributed by atoms with Crippen LogP contribution in [0.25, 0.3) is 0 Å². The molecular formula is C17H26N2O2. The summed E-state index contributed by atoms with van der Waals surface area (Å²) < 4.78 is 0. The van der Waals surface area contributed by atoms with Crippen molar-refractivity contribution in [1.29, 1.82) is 0 Å². The maximum atomic E-state index is 12.1. The van der Waals surface area contributed by atoms with E-state index in [1.54, 1.807) is 19.0 Å². The van der Waals surface area contributed by atoms with Crippen LogP contribution in [0.5, 0.6) is 0 Å². The van der Waals surface area contributed by atoms with Crippen molar-refractivity contribution in [2.24, 2.45) is 0 Å². The largest absolute Gasteiger partial charge is 0.396 e. The molecule has 0 heterocycles. The molecule has 1 aliphatic rings. The first-order chi connectivity index (χ1) is 10.1. The molecule has 21 heavy (non-hydrogen) atoms. The van der Waals surface area contributed by atoms with Gasteiger partial charge >= 0.3 is 0 Å². The van der Waals surface area contributed by atoms with Crippen molar-refractivity contribution in [2.45, 2.75) is 31.7 Å². The Hall–Kier alpha value is -1.39. The fourth-order valence-corrected chi connectivity index (χ4v) is 3.04. The van der Waals surface area contributed by atoms with Crippen LogP contribution in [0.1, 0.15) is 36.4 Å². The van der Waals surface area contributed by atoms with Gasteiger partial charge in [0.15, 0.2) is 0 Å². The molecule has 1 unspecified atom stereocenters. The van der Waals surface area contributed by atoms with Crippen molar-refractivity contribution >= 4 is 5.91 Å². The number of aryl methyl sites for hydroxylation is 1. The monoisotopic (exact) mass is 290 g/mol. The summed E-state index contributed by atoms with van der Waals surface area (Å²) in [5.41, 5.74) is 2.76. The Labute approximate surface area is 127 Å². The summed E-state index contributed by atoms with van der Waals surface area (Å²) in [6.45, 7) is 1.35. The molecule has 1 N–H and O–H groups in total. The highest BCUT2D eigenvalue weighted by atomic mass is 16.3. The minimum absolute atomic E-state index is 0.121. The molecule has 0 radical (unpaired) electrons. The highest BCUT2D eigenvalue weighted by molar-refractivity contribution is 5.77. The average Bonchev–Trinajstić information content (AvgIpc) is 2.50. The Morgan fingerprint density at radius 2 is 2.10 bits per heavy atom. The molecule has 0 aromatic heterocycles. The number of benzene rings is 1. The maximum absolute atomic E-state index is 12.1. The molecule has 1 aromatic rings. The van der Waals surface area contributed by atoms with Crippen LogP contribution in [0, 0.1) is 0 Å². The van der Waals surface area contributed by atoms with Gasteiger partial charge in [-0.25, -0.2) is 0 Å². The zero-order chi connectivity index (χ0) is 15.2. The number of hydrogen-bond acceptors (Lipinski definition) is 3. The number of hydrogen-bond donors (Lipinski definition) is 1. The lowest BCUT2D eigenvalue weighted by atomic mass is 9.86. The third-order valence-corrected chi connectivity index (χ3v) is 4.22. The molecule has 0 fully saturated rings. The van der Waals surface area contributed by atoms with Gasteiger partial charge in [-0.3, -0.25) is 9.69 Å². The summed E-state index contributed by atoms with van der Waals surface area (Å²) in [7, 11) is 3.59. The smallest absolute Gasteiger partial charge is 0.236 e. The molecule has 4 nitrogen and oxygen atoms in total. The molecule has 1 atom stereocenters. The van der Waals surface area contributed by atoms with Crippen LogP contribution >= 0.6 is 0 Å². The van der Waals surface area contributed by atoms with Crippen LogP contribution in [0.2, 0.25) is 0 Å². The lowest BCUT2D eigenvalue weighted by Crippen LogP contribution is -2.40. The summed E-state index contributed by atoms with van der Waals surface area (Å²) >= 11 is 0. The highest BCUT2D eigenvalue weighted by Gasteiger charge is 2.27. The van der Waals surface area contributed by atoms with Crippen molar-refractivity contribution in [3.63, 3.8) is 0 Å². The number of likely N-dealkylation sites (N-methyl/N-ethyl adjacent to an activating group) is 1. The summed E-state index contributed by atoms with van der Waals surface area (Å²) in [5.74, 6) is 0.121. The molecule has 0 bridgehead atoms. The van der Waals surface area contributed by atoms with E-state index >= 15 is 0 Å². The van der Waals surface area contributed by atoms with E-state index in [-0.39, 0.29) is 12.5 Å². The van der Waals surface area contributed by atoms with E-state index in [0.29, 0.717) is 19.0 Å². The van der Waals surface area contributed by atoms with Crippen LogP contribution in [0.15, 0.2) is 24.3 Å². The Morgan fingerprint density at radius 3 is 2.81 bits per heavy atom. The number of nitrogens with zero attached hydrogens (tertiary/aromatic N) is 2. The average molecular weight is 290 g/mol. The fourth-order valence-electron chi connectivity index (χ4n) is 3.04. The SMILES string of the molecule is CN(C)C(=O)CN(CCCO)C1CCCc2ccccc21. The number of amides is 1. The van der Waals surface area contributed by atoms with Crippen molar-refractivity contribution in [2.75, 3.05) is 33.8 Å². The summed E-state index contributed by atoms with van der Waals surface area (Å²) in [6.07, 6.45) is 4.08. The van der Waals surface area contributed by atoms with Crippen LogP contribution in [-0.2, 0) is 11.2 Å². The van der Waals surface area contributed by atoms with E-state index in [2.05, 4.69) is 29.2 Å². The first-order valence-corrected chi connectivity index (χ1v) is 7.76. The lowest BCUT2D eigenvalue weighted by molar-refractivity contribution is -0.130. The summed E-state index contributed by atoms with van der Waals surface area (Å²) in [4.78, 5) is 16.0. The van der Waals surface area contributed by atoms with Gasteiger partial charge in [-0.05, 0) is 36.8 Å². The van der Waals surface area contributed by atoms with Gasteiger partial charge in [0.2, 0.25) is 5.91 Å². The number of aliphatic hydroxyl groups excluding tert-OH is 1. The van der Waals surface area contributed by atoms with Crippen molar-refractivity contribution in [3.8, 4) is 0 Å². The first kappa shape index (κ1) is 16.0. The standard InChI is InChI=1S/C17H26N2O2/c1-18(2)17(21)13-19(11-6-12-20)16-10-5-8-14-7-3-4-9-15(14)16/h3-4,7,9,16,20H,5-6,8,10-13H2,1-2H3. The van der Waals surface area contributed by atoms with E-state index in [1.165, 1.54) is 11.1 Å². The van der Waals surface area contributed by atoms with Gasteiger partial charge in [0.25, 0.3) is 0 Å². The van der Waals surface area contributed by atoms with Gasteiger partial charge in [-0.1, -0.05) is 24.3 Å². The Kier molecular flexibility index (Phi) is 5.76. The number of rotatable bonds is 6.